The van der Waals surface area contributed by atoms with Crippen molar-refractivity contribution in [2.75, 3.05) is 11.9 Å². The Bertz CT molecular complexity index is 299. The molecule has 1 rings (SSSR count). The highest BCUT2D eigenvalue weighted by Crippen LogP contribution is 2.09. The van der Waals surface area contributed by atoms with Gasteiger partial charge < -0.3 is 10.4 Å². The second kappa shape index (κ2) is 5.88. The molecule has 0 aromatic carbocycles. The van der Waals surface area contributed by atoms with Crippen LogP contribution in [0.15, 0.2) is 6.07 Å². The molecule has 5 heteroatoms. The molecule has 0 saturated carbocycles. The van der Waals surface area contributed by atoms with Crippen LogP contribution in [-0.4, -0.2) is 27.7 Å². The molecule has 0 spiro atoms. The van der Waals surface area contributed by atoms with E-state index in [0.717, 1.165) is 12.1 Å². The standard InChI is InChI=1S/C10H16ClN3O/c1-3-8(15)4-5-12-9-6-7(2)13-10(11)14-9/h6,8,15H,3-5H2,1-2H3,(H,12,13,14). The summed E-state index contributed by atoms with van der Waals surface area (Å²) in [4.78, 5) is 7.98. The maximum Gasteiger partial charge on any atom is 0.224 e. The molecule has 0 saturated heterocycles. The van der Waals surface area contributed by atoms with E-state index < -0.39 is 0 Å². The van der Waals surface area contributed by atoms with Gasteiger partial charge in [0.1, 0.15) is 5.82 Å². The Morgan fingerprint density at radius 3 is 2.87 bits per heavy atom. The van der Waals surface area contributed by atoms with Crippen LogP contribution in [0.3, 0.4) is 0 Å². The van der Waals surface area contributed by atoms with Gasteiger partial charge in [-0.3, -0.25) is 0 Å². The third-order valence-electron chi connectivity index (χ3n) is 2.08. The summed E-state index contributed by atoms with van der Waals surface area (Å²) < 4.78 is 0. The molecule has 1 aromatic rings. The first-order valence-corrected chi connectivity index (χ1v) is 5.42. The van der Waals surface area contributed by atoms with E-state index in [0.29, 0.717) is 18.8 Å². The highest BCUT2D eigenvalue weighted by atomic mass is 35.5. The van der Waals surface area contributed by atoms with Gasteiger partial charge in [0.05, 0.1) is 6.10 Å². The van der Waals surface area contributed by atoms with Crippen LogP contribution in [0.4, 0.5) is 5.82 Å². The van der Waals surface area contributed by atoms with Crippen molar-refractivity contribution >= 4 is 17.4 Å². The van der Waals surface area contributed by atoms with Crippen molar-refractivity contribution in [2.24, 2.45) is 0 Å². The summed E-state index contributed by atoms with van der Waals surface area (Å²) in [6.07, 6.45) is 1.22. The van der Waals surface area contributed by atoms with Gasteiger partial charge in [0.15, 0.2) is 0 Å². The molecule has 1 unspecified atom stereocenters. The normalized spacial score (nSPS) is 12.5. The van der Waals surface area contributed by atoms with Crippen LogP contribution < -0.4 is 5.32 Å². The summed E-state index contributed by atoms with van der Waals surface area (Å²) >= 11 is 5.71. The summed E-state index contributed by atoms with van der Waals surface area (Å²) in [5.41, 5.74) is 0.827. The lowest BCUT2D eigenvalue weighted by atomic mass is 10.2. The Balaban J connectivity index is 2.43. The van der Waals surface area contributed by atoms with Crippen LogP contribution in [0.25, 0.3) is 0 Å². The largest absolute Gasteiger partial charge is 0.393 e. The lowest BCUT2D eigenvalue weighted by molar-refractivity contribution is 0.164. The number of aliphatic hydroxyl groups excluding tert-OH is 1. The molecule has 0 amide bonds. The average molecular weight is 230 g/mol. The van der Waals surface area contributed by atoms with Crippen LogP contribution in [0.2, 0.25) is 5.28 Å². The first-order chi connectivity index (χ1) is 7.11. The highest BCUT2D eigenvalue weighted by molar-refractivity contribution is 6.28. The third-order valence-corrected chi connectivity index (χ3v) is 2.25. The number of aromatic nitrogens is 2. The van der Waals surface area contributed by atoms with Crippen molar-refractivity contribution in [1.82, 2.24) is 9.97 Å². The molecule has 0 bridgehead atoms. The molecule has 2 N–H and O–H groups in total. The average Bonchev–Trinajstić information content (AvgIpc) is 2.16. The molecule has 0 aliphatic carbocycles. The van der Waals surface area contributed by atoms with Gasteiger partial charge >= 0.3 is 0 Å². The topological polar surface area (TPSA) is 58.0 Å². The Hall–Kier alpha value is -0.870. The third kappa shape index (κ3) is 4.44. The molecule has 0 aliphatic heterocycles. The Morgan fingerprint density at radius 1 is 1.53 bits per heavy atom. The number of anilines is 1. The lowest BCUT2D eigenvalue weighted by Crippen LogP contribution is -2.13. The van der Waals surface area contributed by atoms with Crippen molar-refractivity contribution in [2.45, 2.75) is 32.8 Å². The fourth-order valence-corrected chi connectivity index (χ4v) is 1.42. The molecular formula is C10H16ClN3O. The van der Waals surface area contributed by atoms with Crippen molar-refractivity contribution in [3.63, 3.8) is 0 Å². The van der Waals surface area contributed by atoms with E-state index >= 15 is 0 Å². The fraction of sp³-hybridized carbons (Fsp3) is 0.600. The minimum atomic E-state index is -0.254. The molecule has 1 heterocycles. The van der Waals surface area contributed by atoms with Gasteiger partial charge in [-0.25, -0.2) is 9.97 Å². The number of halogens is 1. The molecule has 1 atom stereocenters. The monoisotopic (exact) mass is 229 g/mol. The van der Waals surface area contributed by atoms with Gasteiger partial charge in [-0.1, -0.05) is 6.92 Å². The van der Waals surface area contributed by atoms with E-state index in [1.54, 1.807) is 0 Å². The minimum absolute atomic E-state index is 0.244. The number of hydrogen-bond acceptors (Lipinski definition) is 4. The number of aliphatic hydroxyl groups is 1. The van der Waals surface area contributed by atoms with Crippen molar-refractivity contribution in [1.29, 1.82) is 0 Å². The Morgan fingerprint density at radius 2 is 2.27 bits per heavy atom. The molecule has 0 fully saturated rings. The lowest BCUT2D eigenvalue weighted by Gasteiger charge is -2.09. The Labute approximate surface area is 94.7 Å². The molecule has 1 aromatic heterocycles. The number of hydrogen-bond donors (Lipinski definition) is 2. The maximum absolute atomic E-state index is 9.35. The zero-order valence-electron chi connectivity index (χ0n) is 9.00. The van der Waals surface area contributed by atoms with E-state index in [1.165, 1.54) is 0 Å². The highest BCUT2D eigenvalue weighted by Gasteiger charge is 2.02. The van der Waals surface area contributed by atoms with Gasteiger partial charge in [0.25, 0.3) is 0 Å². The maximum atomic E-state index is 9.35. The van der Waals surface area contributed by atoms with Crippen LogP contribution in [-0.2, 0) is 0 Å². The Kier molecular flexibility index (Phi) is 4.78. The summed E-state index contributed by atoms with van der Waals surface area (Å²) in [5.74, 6) is 0.704. The van der Waals surface area contributed by atoms with Gasteiger partial charge in [-0.15, -0.1) is 0 Å². The summed E-state index contributed by atoms with van der Waals surface area (Å²) in [6.45, 7) is 4.50. The van der Waals surface area contributed by atoms with E-state index in [4.69, 9.17) is 11.6 Å². The summed E-state index contributed by atoms with van der Waals surface area (Å²) in [7, 11) is 0. The number of aryl methyl sites for hydroxylation is 1. The number of nitrogens with zero attached hydrogens (tertiary/aromatic N) is 2. The SMILES string of the molecule is CCC(O)CCNc1cc(C)nc(Cl)n1. The predicted molar refractivity (Wildman–Crippen MR) is 61.2 cm³/mol. The smallest absolute Gasteiger partial charge is 0.224 e. The number of nitrogens with one attached hydrogen (secondary N) is 1. The molecule has 15 heavy (non-hydrogen) atoms. The quantitative estimate of drug-likeness (QED) is 0.759. The van der Waals surface area contributed by atoms with Crippen LogP contribution in [0.1, 0.15) is 25.5 Å². The van der Waals surface area contributed by atoms with Gasteiger partial charge in [-0.2, -0.15) is 0 Å². The summed E-state index contributed by atoms with van der Waals surface area (Å²) in [5, 5.41) is 12.7. The molecular weight excluding hydrogens is 214 g/mol. The fourth-order valence-electron chi connectivity index (χ4n) is 1.19. The van der Waals surface area contributed by atoms with Gasteiger partial charge in [0.2, 0.25) is 5.28 Å². The van der Waals surface area contributed by atoms with E-state index in [9.17, 15) is 5.11 Å². The zero-order valence-corrected chi connectivity index (χ0v) is 9.75. The van der Waals surface area contributed by atoms with E-state index in [-0.39, 0.29) is 11.4 Å². The molecule has 0 aliphatic rings. The minimum Gasteiger partial charge on any atom is -0.393 e. The van der Waals surface area contributed by atoms with Crippen LogP contribution in [0.5, 0.6) is 0 Å². The molecule has 84 valence electrons. The van der Waals surface area contributed by atoms with Crippen molar-refractivity contribution in [3.8, 4) is 0 Å². The second-order valence-corrected chi connectivity index (χ2v) is 3.78. The predicted octanol–water partition coefficient (Wildman–Crippen LogP) is 2.01. The van der Waals surface area contributed by atoms with Crippen molar-refractivity contribution < 1.29 is 5.11 Å². The molecule has 4 nitrogen and oxygen atoms in total. The first kappa shape index (κ1) is 12.2. The van der Waals surface area contributed by atoms with Gasteiger partial charge in [-0.05, 0) is 31.4 Å². The van der Waals surface area contributed by atoms with E-state index in [2.05, 4.69) is 15.3 Å². The van der Waals surface area contributed by atoms with Crippen molar-refractivity contribution in [3.05, 3.63) is 17.0 Å². The summed E-state index contributed by atoms with van der Waals surface area (Å²) in [6, 6.07) is 1.82. The molecule has 0 radical (unpaired) electrons. The van der Waals surface area contributed by atoms with Crippen LogP contribution >= 0.6 is 11.6 Å². The van der Waals surface area contributed by atoms with Gasteiger partial charge in [0, 0.05) is 18.3 Å². The first-order valence-electron chi connectivity index (χ1n) is 5.05. The van der Waals surface area contributed by atoms with E-state index in [1.807, 2.05) is 19.9 Å². The second-order valence-electron chi connectivity index (χ2n) is 3.44. The number of rotatable bonds is 5. The van der Waals surface area contributed by atoms with Crippen LogP contribution in [0, 0.1) is 6.92 Å². The zero-order chi connectivity index (χ0) is 11.3.